The topological polar surface area (TPSA) is 22.1 Å². The molecule has 1 saturated carbocycles. The average Bonchev–Trinajstić information content (AvgIpc) is 2.92. The molecule has 0 N–H and O–H groups in total. The molecule has 1 fully saturated rings. The molecule has 5 heteroatoms. The van der Waals surface area contributed by atoms with Gasteiger partial charge in [0, 0.05) is 0 Å². The summed E-state index contributed by atoms with van der Waals surface area (Å²) < 4.78 is 5.41. The smallest absolute Gasteiger partial charge is 0.234 e. The van der Waals surface area contributed by atoms with Crippen LogP contribution >= 0.6 is 34.8 Å². The van der Waals surface area contributed by atoms with Gasteiger partial charge in [-0.05, 0) is 24.8 Å². The molecule has 0 bridgehead atoms. The molecule has 2 rings (SSSR count). The van der Waals surface area contributed by atoms with E-state index in [0.29, 0.717) is 28.5 Å². The lowest BCUT2D eigenvalue weighted by Gasteiger charge is -2.06. The normalized spacial score (nSPS) is 15.6. The summed E-state index contributed by atoms with van der Waals surface area (Å²) in [5, 5.41) is 0.970. The van der Waals surface area contributed by atoms with Gasteiger partial charge in [-0.2, -0.15) is 4.98 Å². The van der Waals surface area contributed by atoms with Crippen LogP contribution in [0.1, 0.15) is 12.8 Å². The van der Waals surface area contributed by atoms with Crippen LogP contribution in [0.2, 0.25) is 15.2 Å². The van der Waals surface area contributed by atoms with Crippen molar-refractivity contribution in [3.63, 3.8) is 0 Å². The van der Waals surface area contributed by atoms with E-state index in [4.69, 9.17) is 39.5 Å². The van der Waals surface area contributed by atoms with Gasteiger partial charge >= 0.3 is 0 Å². The summed E-state index contributed by atoms with van der Waals surface area (Å²) in [6.07, 6.45) is 2.44. The SMILES string of the molecule is Clc1cc(Cl)c(OCC2CC2)nc1Cl. The van der Waals surface area contributed by atoms with Gasteiger partial charge in [-0.1, -0.05) is 34.8 Å². The molecule has 0 unspecified atom stereocenters. The fraction of sp³-hybridized carbons (Fsp3) is 0.444. The Morgan fingerprint density at radius 3 is 2.64 bits per heavy atom. The summed E-state index contributed by atoms with van der Waals surface area (Å²) in [5.74, 6) is 1.02. The number of halogens is 3. The lowest BCUT2D eigenvalue weighted by atomic mass is 10.4. The average molecular weight is 253 g/mol. The van der Waals surface area contributed by atoms with Crippen molar-refractivity contribution in [2.24, 2.45) is 5.92 Å². The predicted octanol–water partition coefficient (Wildman–Crippen LogP) is 3.83. The number of hydrogen-bond donors (Lipinski definition) is 0. The van der Waals surface area contributed by atoms with Gasteiger partial charge in [0.05, 0.1) is 11.6 Å². The summed E-state index contributed by atoms with van der Waals surface area (Å²) in [4.78, 5) is 3.95. The molecule has 14 heavy (non-hydrogen) atoms. The van der Waals surface area contributed by atoms with E-state index in [2.05, 4.69) is 4.98 Å². The highest BCUT2D eigenvalue weighted by molar-refractivity contribution is 6.42. The lowest BCUT2D eigenvalue weighted by Crippen LogP contribution is -2.01. The summed E-state index contributed by atoms with van der Waals surface area (Å²) in [5.41, 5.74) is 0. The maximum atomic E-state index is 5.87. The van der Waals surface area contributed by atoms with E-state index in [0.717, 1.165) is 0 Å². The van der Waals surface area contributed by atoms with E-state index in [-0.39, 0.29) is 5.15 Å². The molecular formula is C9H8Cl3NO. The van der Waals surface area contributed by atoms with Crippen LogP contribution in [0.3, 0.4) is 0 Å². The molecule has 1 heterocycles. The Labute approximate surface area is 97.1 Å². The van der Waals surface area contributed by atoms with E-state index in [1.165, 1.54) is 12.8 Å². The van der Waals surface area contributed by atoms with E-state index in [9.17, 15) is 0 Å². The molecule has 0 aliphatic heterocycles. The minimum atomic E-state index is 0.224. The van der Waals surface area contributed by atoms with E-state index < -0.39 is 0 Å². The first-order valence-corrected chi connectivity index (χ1v) is 5.44. The quantitative estimate of drug-likeness (QED) is 0.763. The summed E-state index contributed by atoms with van der Waals surface area (Å²) in [6.45, 7) is 0.657. The molecule has 1 aliphatic carbocycles. The summed E-state index contributed by atoms with van der Waals surface area (Å²) >= 11 is 17.3. The van der Waals surface area contributed by atoms with Crippen molar-refractivity contribution in [2.75, 3.05) is 6.61 Å². The summed E-state index contributed by atoms with van der Waals surface area (Å²) in [7, 11) is 0. The molecule has 0 amide bonds. The fourth-order valence-electron chi connectivity index (χ4n) is 1.01. The Balaban J connectivity index is 2.10. The second-order valence-corrected chi connectivity index (χ2v) is 4.47. The zero-order valence-corrected chi connectivity index (χ0v) is 9.53. The highest BCUT2D eigenvalue weighted by Gasteiger charge is 2.22. The predicted molar refractivity (Wildman–Crippen MR) is 57.5 cm³/mol. The second kappa shape index (κ2) is 4.13. The number of ether oxygens (including phenoxy) is 1. The maximum absolute atomic E-state index is 5.87. The monoisotopic (exact) mass is 251 g/mol. The second-order valence-electron chi connectivity index (χ2n) is 3.30. The number of hydrogen-bond acceptors (Lipinski definition) is 2. The van der Waals surface area contributed by atoms with Gasteiger partial charge in [0.2, 0.25) is 5.88 Å². The zero-order valence-electron chi connectivity index (χ0n) is 7.27. The minimum absolute atomic E-state index is 0.224. The van der Waals surface area contributed by atoms with Crippen molar-refractivity contribution in [1.82, 2.24) is 4.98 Å². The largest absolute Gasteiger partial charge is 0.476 e. The Bertz CT molecular complexity index is 352. The molecule has 1 aromatic rings. The molecule has 0 atom stereocenters. The van der Waals surface area contributed by atoms with Gasteiger partial charge in [0.1, 0.15) is 5.02 Å². The van der Waals surface area contributed by atoms with Crippen LogP contribution in [0.25, 0.3) is 0 Å². The van der Waals surface area contributed by atoms with E-state index >= 15 is 0 Å². The van der Waals surface area contributed by atoms with Gasteiger partial charge in [-0.15, -0.1) is 0 Å². The van der Waals surface area contributed by atoms with Gasteiger partial charge in [-0.25, -0.2) is 0 Å². The molecule has 0 aromatic carbocycles. The van der Waals surface area contributed by atoms with Crippen molar-refractivity contribution >= 4 is 34.8 Å². The van der Waals surface area contributed by atoms with Crippen LogP contribution in [-0.2, 0) is 0 Å². The first kappa shape index (κ1) is 10.3. The molecule has 1 aliphatic rings. The van der Waals surface area contributed by atoms with Crippen LogP contribution in [0.5, 0.6) is 5.88 Å². The minimum Gasteiger partial charge on any atom is -0.476 e. The van der Waals surface area contributed by atoms with Gasteiger partial charge in [-0.3, -0.25) is 0 Å². The van der Waals surface area contributed by atoms with Crippen molar-refractivity contribution in [3.05, 3.63) is 21.3 Å². The first-order valence-electron chi connectivity index (χ1n) is 4.31. The zero-order chi connectivity index (χ0) is 10.1. The third-order valence-corrected chi connectivity index (χ3v) is 2.95. The van der Waals surface area contributed by atoms with Crippen LogP contribution < -0.4 is 4.74 Å². The van der Waals surface area contributed by atoms with Crippen molar-refractivity contribution in [2.45, 2.75) is 12.8 Å². The first-order chi connectivity index (χ1) is 6.66. The lowest BCUT2D eigenvalue weighted by molar-refractivity contribution is 0.289. The standard InChI is InChI=1S/C9H8Cl3NO/c10-6-3-7(11)9(13-8(6)12)14-4-5-1-2-5/h3,5H,1-2,4H2. The third kappa shape index (κ3) is 2.44. The van der Waals surface area contributed by atoms with E-state index in [1.54, 1.807) is 6.07 Å². The van der Waals surface area contributed by atoms with Crippen LogP contribution in [0, 0.1) is 5.92 Å². The fourth-order valence-corrected chi connectivity index (χ4v) is 1.56. The number of aromatic nitrogens is 1. The van der Waals surface area contributed by atoms with Crippen molar-refractivity contribution < 1.29 is 4.74 Å². The highest BCUT2D eigenvalue weighted by Crippen LogP contribution is 2.33. The summed E-state index contributed by atoms with van der Waals surface area (Å²) in [6, 6.07) is 1.54. The van der Waals surface area contributed by atoms with E-state index in [1.807, 2.05) is 0 Å². The molecule has 2 nitrogen and oxygen atoms in total. The Morgan fingerprint density at radius 1 is 1.29 bits per heavy atom. The van der Waals surface area contributed by atoms with Gasteiger partial charge in [0.15, 0.2) is 5.15 Å². The number of rotatable bonds is 3. The molecule has 0 radical (unpaired) electrons. The van der Waals surface area contributed by atoms with Crippen molar-refractivity contribution in [3.8, 4) is 5.88 Å². The molecular weight excluding hydrogens is 244 g/mol. The third-order valence-electron chi connectivity index (χ3n) is 2.01. The molecule has 1 aromatic heterocycles. The van der Waals surface area contributed by atoms with Gasteiger partial charge < -0.3 is 4.74 Å². The number of nitrogens with zero attached hydrogens (tertiary/aromatic N) is 1. The Hall–Kier alpha value is -0.180. The van der Waals surface area contributed by atoms with Crippen LogP contribution in [0.15, 0.2) is 6.07 Å². The van der Waals surface area contributed by atoms with Crippen LogP contribution in [0.4, 0.5) is 0 Å². The Kier molecular flexibility index (Phi) is 3.05. The van der Waals surface area contributed by atoms with Crippen LogP contribution in [-0.4, -0.2) is 11.6 Å². The molecule has 0 saturated heterocycles. The van der Waals surface area contributed by atoms with Crippen molar-refractivity contribution in [1.29, 1.82) is 0 Å². The molecule has 76 valence electrons. The molecule has 0 spiro atoms. The van der Waals surface area contributed by atoms with Gasteiger partial charge in [0.25, 0.3) is 0 Å². The maximum Gasteiger partial charge on any atom is 0.234 e. The Morgan fingerprint density at radius 2 is 2.00 bits per heavy atom. The number of pyridine rings is 1. The highest BCUT2D eigenvalue weighted by atomic mass is 35.5.